The largest absolute Gasteiger partial charge is 0.480 e. The monoisotopic (exact) mass is 423 g/mol. The normalized spacial score (nSPS) is 12.8. The highest BCUT2D eigenvalue weighted by Crippen LogP contribution is 2.34. The number of ether oxygens (including phenoxy) is 1. The van der Waals surface area contributed by atoms with Crippen molar-refractivity contribution in [3.8, 4) is 0 Å². The van der Waals surface area contributed by atoms with Gasteiger partial charge in [-0.1, -0.05) is 23.9 Å². The van der Waals surface area contributed by atoms with E-state index in [1.807, 2.05) is 5.38 Å². The van der Waals surface area contributed by atoms with Crippen LogP contribution in [0.4, 0.5) is 4.39 Å². The molecule has 6 nitrogen and oxygen atoms in total. The molecule has 0 bridgehead atoms. The fraction of sp³-hybridized carbons (Fsp3) is 0.263. The van der Waals surface area contributed by atoms with E-state index >= 15 is 0 Å². The Labute approximate surface area is 171 Å². The van der Waals surface area contributed by atoms with Gasteiger partial charge in [0.25, 0.3) is 0 Å². The Morgan fingerprint density at radius 2 is 2.00 bits per heavy atom. The van der Waals surface area contributed by atoms with E-state index in [0.29, 0.717) is 28.6 Å². The average Bonchev–Trinajstić information content (AvgIpc) is 3.06. The zero-order valence-electron chi connectivity index (χ0n) is 15.5. The third-order valence-corrected chi connectivity index (χ3v) is 5.79. The lowest BCUT2D eigenvalue weighted by Crippen LogP contribution is -2.26. The average molecular weight is 424 g/mol. The number of thiazole rings is 1. The molecule has 0 atom stereocenters. The Morgan fingerprint density at radius 3 is 2.64 bits per heavy atom. The molecule has 2 rings (SSSR count). The number of carboxylic acid groups (broad SMARTS) is 1. The summed E-state index contributed by atoms with van der Waals surface area (Å²) < 4.78 is 18.1. The van der Waals surface area contributed by atoms with Gasteiger partial charge in [0.15, 0.2) is 10.2 Å². The van der Waals surface area contributed by atoms with Gasteiger partial charge in [-0.25, -0.2) is 9.37 Å². The highest BCUT2D eigenvalue weighted by molar-refractivity contribution is 8.02. The molecule has 150 valence electrons. The summed E-state index contributed by atoms with van der Waals surface area (Å²) in [6.45, 7) is 3.60. The number of benzene rings is 1. The zero-order valence-corrected chi connectivity index (χ0v) is 17.1. The number of nitrogens with zero attached hydrogens (tertiary/aromatic N) is 1. The summed E-state index contributed by atoms with van der Waals surface area (Å²) in [4.78, 5) is 15.6. The van der Waals surface area contributed by atoms with Gasteiger partial charge in [0.2, 0.25) is 0 Å². The first kappa shape index (κ1) is 21.8. The summed E-state index contributed by atoms with van der Waals surface area (Å²) in [7, 11) is 0. The minimum Gasteiger partial charge on any atom is -0.480 e. The fourth-order valence-corrected chi connectivity index (χ4v) is 4.17. The minimum atomic E-state index is -0.935. The Morgan fingerprint density at radius 1 is 1.32 bits per heavy atom. The smallest absolute Gasteiger partial charge is 0.319 e. The second kappa shape index (κ2) is 9.61. The molecule has 0 amide bonds. The van der Waals surface area contributed by atoms with Crippen LogP contribution in [0.5, 0.6) is 0 Å². The Balaban J connectivity index is 1.84. The van der Waals surface area contributed by atoms with Crippen LogP contribution in [0.1, 0.15) is 25.1 Å². The van der Waals surface area contributed by atoms with Gasteiger partial charge in [0.1, 0.15) is 10.6 Å². The molecule has 1 heterocycles. The third kappa shape index (κ3) is 6.58. The molecule has 0 fully saturated rings. The number of aliphatic carboxylic acids is 1. The van der Waals surface area contributed by atoms with Crippen molar-refractivity contribution in [2.24, 2.45) is 11.5 Å². The van der Waals surface area contributed by atoms with Crippen LogP contribution in [0, 0.1) is 5.82 Å². The van der Waals surface area contributed by atoms with Crippen molar-refractivity contribution >= 4 is 34.8 Å². The van der Waals surface area contributed by atoms with Crippen LogP contribution in [-0.2, 0) is 16.0 Å². The van der Waals surface area contributed by atoms with E-state index in [1.165, 1.54) is 41.3 Å². The maximum atomic E-state index is 12.9. The maximum absolute atomic E-state index is 12.9. The van der Waals surface area contributed by atoms with Crippen molar-refractivity contribution in [2.45, 2.75) is 29.4 Å². The van der Waals surface area contributed by atoms with E-state index in [9.17, 15) is 14.3 Å². The standard InChI is InChI=1S/C19H22FN3O3S2/c1-19(2,17(24)25)28-18-23-14(11-27-18)9-10-26-16(22)8-7-15(21)12-3-5-13(20)6-4-12/h3-8,11H,9-10,21-22H2,1-2H3,(H,24,25)/b15-7-,16-8+. The van der Waals surface area contributed by atoms with Crippen molar-refractivity contribution in [2.75, 3.05) is 6.61 Å². The van der Waals surface area contributed by atoms with Gasteiger partial charge in [0.05, 0.1) is 12.3 Å². The van der Waals surface area contributed by atoms with Crippen molar-refractivity contribution in [1.82, 2.24) is 4.98 Å². The lowest BCUT2D eigenvalue weighted by atomic mass is 10.1. The van der Waals surface area contributed by atoms with Gasteiger partial charge in [0, 0.05) is 17.5 Å². The van der Waals surface area contributed by atoms with Crippen LogP contribution < -0.4 is 11.5 Å². The molecule has 0 unspecified atom stereocenters. The van der Waals surface area contributed by atoms with Crippen molar-refractivity contribution in [1.29, 1.82) is 0 Å². The molecule has 0 saturated heterocycles. The summed E-state index contributed by atoms with van der Waals surface area (Å²) >= 11 is 2.61. The number of hydrogen-bond donors (Lipinski definition) is 3. The Bertz CT molecular complexity index is 877. The predicted octanol–water partition coefficient (Wildman–Crippen LogP) is 3.60. The molecular weight excluding hydrogens is 401 g/mol. The number of halogens is 1. The first-order chi connectivity index (χ1) is 13.2. The number of hydrogen-bond acceptors (Lipinski definition) is 7. The van der Waals surface area contributed by atoms with E-state index in [2.05, 4.69) is 4.98 Å². The lowest BCUT2D eigenvalue weighted by molar-refractivity contribution is -0.138. The molecule has 2 aromatic rings. The van der Waals surface area contributed by atoms with Gasteiger partial charge in [-0.3, -0.25) is 4.79 Å². The summed E-state index contributed by atoms with van der Waals surface area (Å²) in [5, 5.41) is 11.0. The molecule has 1 aromatic heterocycles. The Kier molecular flexibility index (Phi) is 7.47. The number of nitrogens with two attached hydrogens (primary N) is 2. The van der Waals surface area contributed by atoms with Gasteiger partial charge < -0.3 is 21.3 Å². The number of rotatable bonds is 9. The highest BCUT2D eigenvalue weighted by Gasteiger charge is 2.29. The quantitative estimate of drug-likeness (QED) is 0.321. The lowest BCUT2D eigenvalue weighted by Gasteiger charge is -2.15. The fourth-order valence-electron chi connectivity index (χ4n) is 1.94. The highest BCUT2D eigenvalue weighted by atomic mass is 32.2. The Hall–Kier alpha value is -2.52. The molecule has 0 aliphatic heterocycles. The van der Waals surface area contributed by atoms with Crippen LogP contribution in [0.2, 0.25) is 0 Å². The van der Waals surface area contributed by atoms with E-state index in [1.54, 1.807) is 32.1 Å². The van der Waals surface area contributed by atoms with Gasteiger partial charge in [-0.05, 0) is 43.7 Å². The van der Waals surface area contributed by atoms with Crippen LogP contribution in [0.25, 0.3) is 5.70 Å². The molecule has 0 saturated carbocycles. The summed E-state index contributed by atoms with van der Waals surface area (Å²) in [5.74, 6) is -1.02. The second-order valence-electron chi connectivity index (χ2n) is 6.32. The van der Waals surface area contributed by atoms with Gasteiger partial charge in [-0.2, -0.15) is 0 Å². The van der Waals surface area contributed by atoms with E-state index in [0.717, 1.165) is 5.69 Å². The van der Waals surface area contributed by atoms with Gasteiger partial charge in [-0.15, -0.1) is 11.3 Å². The first-order valence-electron chi connectivity index (χ1n) is 8.36. The van der Waals surface area contributed by atoms with Crippen molar-refractivity contribution in [3.63, 3.8) is 0 Å². The molecule has 9 heteroatoms. The first-order valence-corrected chi connectivity index (χ1v) is 10.1. The van der Waals surface area contributed by atoms with E-state index < -0.39 is 10.7 Å². The van der Waals surface area contributed by atoms with Crippen LogP contribution >= 0.6 is 23.1 Å². The molecule has 0 aliphatic carbocycles. The number of thioether (sulfide) groups is 1. The molecule has 0 radical (unpaired) electrons. The SMILES string of the molecule is CC(C)(Sc1nc(CCO/C(N)=C/C=C(\N)c2ccc(F)cc2)cs1)C(=O)O. The maximum Gasteiger partial charge on any atom is 0.319 e. The van der Waals surface area contributed by atoms with E-state index in [-0.39, 0.29) is 11.7 Å². The number of allylic oxidation sites excluding steroid dienone is 2. The van der Waals surface area contributed by atoms with Gasteiger partial charge >= 0.3 is 5.97 Å². The summed E-state index contributed by atoms with van der Waals surface area (Å²) in [6.07, 6.45) is 3.67. The summed E-state index contributed by atoms with van der Waals surface area (Å²) in [6, 6.07) is 5.82. The number of carboxylic acids is 1. The topological polar surface area (TPSA) is 111 Å². The molecule has 0 spiro atoms. The number of aromatic nitrogens is 1. The van der Waals surface area contributed by atoms with Crippen LogP contribution in [0.3, 0.4) is 0 Å². The minimum absolute atomic E-state index is 0.196. The molecule has 5 N–H and O–H groups in total. The predicted molar refractivity (Wildman–Crippen MR) is 110 cm³/mol. The molecule has 28 heavy (non-hydrogen) atoms. The molecule has 1 aromatic carbocycles. The summed E-state index contributed by atoms with van der Waals surface area (Å²) in [5.41, 5.74) is 13.6. The second-order valence-corrected chi connectivity index (χ2v) is 9.05. The van der Waals surface area contributed by atoms with Crippen LogP contribution in [0.15, 0.2) is 52.0 Å². The molecular formula is C19H22FN3O3S2. The molecule has 0 aliphatic rings. The van der Waals surface area contributed by atoms with E-state index in [4.69, 9.17) is 16.2 Å². The third-order valence-electron chi connectivity index (χ3n) is 3.62. The number of carbonyl (C=O) groups is 1. The van der Waals surface area contributed by atoms with Crippen molar-refractivity contribution < 1.29 is 19.0 Å². The zero-order chi connectivity index (χ0) is 20.7. The van der Waals surface area contributed by atoms with Crippen LogP contribution in [-0.4, -0.2) is 27.4 Å². The van der Waals surface area contributed by atoms with Crippen molar-refractivity contribution in [3.05, 3.63) is 64.8 Å².